The molecule has 0 saturated heterocycles. The first kappa shape index (κ1) is 20.0. The summed E-state index contributed by atoms with van der Waals surface area (Å²) >= 11 is 0. The van der Waals surface area contributed by atoms with E-state index in [0.29, 0.717) is 18.0 Å². The smallest absolute Gasteiger partial charge is 0.162 e. The molecule has 160 valence electrons. The number of hydrogen-bond donors (Lipinski definition) is 0. The average Bonchev–Trinajstić information content (AvgIpc) is 3.24. The number of rotatable bonds is 5. The molecule has 2 aliphatic rings. The van der Waals surface area contributed by atoms with E-state index < -0.39 is 0 Å². The van der Waals surface area contributed by atoms with Crippen LogP contribution in [0.4, 0.5) is 4.39 Å². The van der Waals surface area contributed by atoms with Crippen LogP contribution >= 0.6 is 0 Å². The summed E-state index contributed by atoms with van der Waals surface area (Å²) in [5, 5.41) is 9.85. The first-order valence-electron chi connectivity index (χ1n) is 10.3. The number of aromatic nitrogens is 3. The van der Waals surface area contributed by atoms with Crippen LogP contribution in [0.3, 0.4) is 0 Å². The lowest BCUT2D eigenvalue weighted by atomic mass is 10.0. The summed E-state index contributed by atoms with van der Waals surface area (Å²) in [5.41, 5.74) is 6.58. The molecule has 0 bridgehead atoms. The maximum Gasteiger partial charge on any atom is 0.162 e. The Morgan fingerprint density at radius 3 is 2.28 bits per heavy atom. The normalized spacial score (nSPS) is 11.2. The fourth-order valence-corrected chi connectivity index (χ4v) is 4.08. The van der Waals surface area contributed by atoms with Gasteiger partial charge in [0, 0.05) is 35.3 Å². The van der Waals surface area contributed by atoms with Gasteiger partial charge in [0.15, 0.2) is 11.5 Å². The highest BCUT2D eigenvalue weighted by atomic mass is 19.1. The molecule has 0 fully saturated rings. The van der Waals surface area contributed by atoms with E-state index in [9.17, 15) is 4.39 Å². The van der Waals surface area contributed by atoms with Crippen molar-refractivity contribution in [1.29, 1.82) is 0 Å². The van der Waals surface area contributed by atoms with Crippen molar-refractivity contribution in [2.45, 2.75) is 13.5 Å². The summed E-state index contributed by atoms with van der Waals surface area (Å²) in [6, 6.07) is 18.5. The van der Waals surface area contributed by atoms with Gasteiger partial charge in [0.1, 0.15) is 17.2 Å². The van der Waals surface area contributed by atoms with Gasteiger partial charge in [0.2, 0.25) is 0 Å². The minimum Gasteiger partial charge on any atom is -0.493 e. The largest absolute Gasteiger partial charge is 0.493 e. The second-order valence-corrected chi connectivity index (χ2v) is 7.73. The average molecular weight is 427 g/mol. The summed E-state index contributed by atoms with van der Waals surface area (Å²) < 4.78 is 26.8. The van der Waals surface area contributed by atoms with Gasteiger partial charge in [-0.1, -0.05) is 24.3 Å². The predicted molar refractivity (Wildman–Crippen MR) is 123 cm³/mol. The highest BCUT2D eigenvalue weighted by Gasteiger charge is 2.22. The van der Waals surface area contributed by atoms with E-state index in [1.807, 2.05) is 24.3 Å². The Balaban J connectivity index is 1.79. The van der Waals surface area contributed by atoms with E-state index in [-0.39, 0.29) is 5.82 Å². The maximum absolute atomic E-state index is 13.5. The van der Waals surface area contributed by atoms with Gasteiger partial charge in [-0.05, 0) is 48.4 Å². The molecule has 0 saturated carbocycles. The number of pyridine rings is 1. The fourth-order valence-electron chi connectivity index (χ4n) is 4.08. The van der Waals surface area contributed by atoms with Crippen LogP contribution in [-0.2, 0) is 6.54 Å². The molecule has 5 nitrogen and oxygen atoms in total. The minimum atomic E-state index is -0.283. The van der Waals surface area contributed by atoms with Crippen molar-refractivity contribution in [3.63, 3.8) is 0 Å². The Labute approximate surface area is 185 Å². The molecule has 3 aromatic rings. The first-order valence-corrected chi connectivity index (χ1v) is 10.3. The number of nitrogens with zero attached hydrogens (tertiary/aromatic N) is 3. The van der Waals surface area contributed by atoms with Crippen LogP contribution in [0.1, 0.15) is 11.1 Å². The van der Waals surface area contributed by atoms with Gasteiger partial charge >= 0.3 is 0 Å². The van der Waals surface area contributed by atoms with E-state index in [0.717, 1.165) is 33.4 Å². The van der Waals surface area contributed by atoms with Crippen LogP contribution in [0.2, 0.25) is 0 Å². The van der Waals surface area contributed by atoms with Crippen molar-refractivity contribution < 1.29 is 13.9 Å². The number of halogens is 1. The second-order valence-electron chi connectivity index (χ2n) is 7.73. The van der Waals surface area contributed by atoms with E-state index in [1.54, 1.807) is 26.4 Å². The topological polar surface area (TPSA) is 49.2 Å². The van der Waals surface area contributed by atoms with Gasteiger partial charge in [-0.25, -0.2) is 4.39 Å². The molecule has 0 radical (unpaired) electrons. The maximum atomic E-state index is 13.5. The number of benzene rings is 3. The molecule has 0 atom stereocenters. The van der Waals surface area contributed by atoms with Crippen LogP contribution in [0.15, 0.2) is 66.9 Å². The molecule has 6 heteroatoms. The van der Waals surface area contributed by atoms with E-state index in [2.05, 4.69) is 40.0 Å². The second kappa shape index (κ2) is 7.96. The zero-order valence-electron chi connectivity index (χ0n) is 18.1. The lowest BCUT2D eigenvalue weighted by Crippen LogP contribution is -2.06. The van der Waals surface area contributed by atoms with Crippen molar-refractivity contribution in [2.75, 3.05) is 14.2 Å². The molecule has 2 aliphatic heterocycles. The third-order valence-electron chi connectivity index (χ3n) is 5.83. The quantitative estimate of drug-likeness (QED) is 0.360. The Bertz CT molecular complexity index is 1390. The Morgan fingerprint density at radius 2 is 1.56 bits per heavy atom. The molecule has 0 aliphatic carbocycles. The first-order chi connectivity index (χ1) is 15.6. The third-order valence-corrected chi connectivity index (χ3v) is 5.83. The van der Waals surface area contributed by atoms with E-state index >= 15 is 0 Å². The molecule has 3 aromatic carbocycles. The Kier molecular flexibility index (Phi) is 4.98. The molecule has 0 N–H and O–H groups in total. The molecule has 2 heterocycles. The van der Waals surface area contributed by atoms with Crippen LogP contribution in [0, 0.1) is 12.7 Å². The number of methoxy groups -OCH3 is 2. The molecule has 5 rings (SSSR count). The van der Waals surface area contributed by atoms with Crippen molar-refractivity contribution in [1.82, 2.24) is 14.8 Å². The van der Waals surface area contributed by atoms with Crippen molar-refractivity contribution in [3.05, 3.63) is 83.8 Å². The summed E-state index contributed by atoms with van der Waals surface area (Å²) in [7, 11) is 3.24. The number of ether oxygens (including phenoxy) is 2. The van der Waals surface area contributed by atoms with Gasteiger partial charge in [-0.15, -0.1) is 10.2 Å². The predicted octanol–water partition coefficient (Wildman–Crippen LogP) is 5.72. The van der Waals surface area contributed by atoms with Crippen molar-refractivity contribution >= 4 is 10.9 Å². The van der Waals surface area contributed by atoms with Crippen molar-refractivity contribution in [3.8, 4) is 34.0 Å². The van der Waals surface area contributed by atoms with Gasteiger partial charge in [-0.2, -0.15) is 0 Å². The Morgan fingerprint density at radius 1 is 0.875 bits per heavy atom. The van der Waals surface area contributed by atoms with E-state index in [4.69, 9.17) is 9.47 Å². The SMILES string of the molecule is COc1cc2c3nnc(-c4ccc(F)cc4)c-3cn(Cc3ccccc3C)c2cc1OC. The van der Waals surface area contributed by atoms with Gasteiger partial charge in [-0.3, -0.25) is 0 Å². The lowest BCUT2D eigenvalue weighted by molar-refractivity contribution is 0.355. The lowest BCUT2D eigenvalue weighted by Gasteiger charge is -2.18. The van der Waals surface area contributed by atoms with Crippen LogP contribution in [-0.4, -0.2) is 29.0 Å². The number of hydrogen-bond acceptors (Lipinski definition) is 4. The third kappa shape index (κ3) is 3.34. The zero-order valence-corrected chi connectivity index (χ0v) is 18.1. The summed E-state index contributed by atoms with van der Waals surface area (Å²) in [5.74, 6) is 0.992. The highest BCUT2D eigenvalue weighted by Crippen LogP contribution is 2.41. The minimum absolute atomic E-state index is 0.283. The summed E-state index contributed by atoms with van der Waals surface area (Å²) in [6.07, 6.45) is 2.06. The van der Waals surface area contributed by atoms with Gasteiger partial charge in [0.05, 0.1) is 19.7 Å². The fraction of sp³-hybridized carbons (Fsp3) is 0.154. The molecule has 32 heavy (non-hydrogen) atoms. The van der Waals surface area contributed by atoms with Crippen LogP contribution in [0.25, 0.3) is 33.4 Å². The molecule has 0 aromatic heterocycles. The number of fused-ring (bicyclic) bond motifs is 3. The zero-order chi connectivity index (χ0) is 22.2. The Hall–Kier alpha value is -3.93. The van der Waals surface area contributed by atoms with Crippen LogP contribution < -0.4 is 9.47 Å². The van der Waals surface area contributed by atoms with Gasteiger partial charge < -0.3 is 14.0 Å². The van der Waals surface area contributed by atoms with Crippen molar-refractivity contribution in [2.24, 2.45) is 0 Å². The highest BCUT2D eigenvalue weighted by molar-refractivity contribution is 5.99. The number of aryl methyl sites for hydroxylation is 1. The monoisotopic (exact) mass is 427 g/mol. The van der Waals surface area contributed by atoms with E-state index in [1.165, 1.54) is 23.3 Å². The van der Waals surface area contributed by atoms with Crippen LogP contribution in [0.5, 0.6) is 11.5 Å². The molecule has 0 unspecified atom stereocenters. The standard InChI is InChI=1S/C26H22FN3O2/c1-16-6-4-5-7-18(16)14-30-15-21-25(17-8-10-19(27)11-9-17)28-29-26(21)20-12-23(31-2)24(32-3)13-22(20)30/h4-13,15H,14H2,1-3H3. The van der Waals surface area contributed by atoms with Gasteiger partial charge in [0.25, 0.3) is 0 Å². The summed E-state index contributed by atoms with van der Waals surface area (Å²) in [6.45, 7) is 2.78. The molecule has 0 amide bonds. The summed E-state index contributed by atoms with van der Waals surface area (Å²) in [4.78, 5) is 0. The molecule has 0 spiro atoms. The molecular weight excluding hydrogens is 405 g/mol. The molecular formula is C26H22FN3O2.